The third-order valence-electron chi connectivity index (χ3n) is 16.7. The summed E-state index contributed by atoms with van der Waals surface area (Å²) in [5.74, 6) is -0.528. The lowest BCUT2D eigenvalue weighted by Crippen LogP contribution is -2.63. The van der Waals surface area contributed by atoms with Crippen molar-refractivity contribution in [3.8, 4) is 0 Å². The van der Waals surface area contributed by atoms with E-state index in [1.807, 2.05) is 0 Å². The van der Waals surface area contributed by atoms with Crippen LogP contribution < -0.4 is 0 Å². The van der Waals surface area contributed by atoms with Gasteiger partial charge >= 0.3 is 11.9 Å². The van der Waals surface area contributed by atoms with Gasteiger partial charge in [0.2, 0.25) is 0 Å². The van der Waals surface area contributed by atoms with E-state index in [4.69, 9.17) is 42.6 Å². The van der Waals surface area contributed by atoms with Crippen molar-refractivity contribution in [2.75, 3.05) is 26.9 Å². The maximum absolute atomic E-state index is 12.9. The summed E-state index contributed by atoms with van der Waals surface area (Å²) in [4.78, 5) is 24.5. The fraction of sp³-hybridized carbons (Fsp3) is 0.909. The number of carbonyl (C=O) groups excluding carboxylic acids is 2. The van der Waals surface area contributed by atoms with Gasteiger partial charge in [0.05, 0.1) is 37.1 Å². The Morgan fingerprint density at radius 1 is 0.825 bits per heavy atom. The molecule has 0 unspecified atom stereocenters. The molecule has 3 saturated heterocycles. The zero-order chi connectivity index (χ0) is 45.3. The Balaban J connectivity index is 0.874. The van der Waals surface area contributed by atoms with Gasteiger partial charge in [0.15, 0.2) is 18.9 Å². The second-order valence-electron chi connectivity index (χ2n) is 20.0. The average Bonchev–Trinajstić information content (AvgIpc) is 3.76. The molecule has 8 N–H and O–H groups in total. The van der Waals surface area contributed by atoms with E-state index in [9.17, 15) is 50.4 Å². The zero-order valence-corrected chi connectivity index (χ0v) is 36.7. The number of rotatable bonds is 11. The van der Waals surface area contributed by atoms with Gasteiger partial charge in [0, 0.05) is 44.3 Å². The normalized spacial score (nSPS) is 52.3. The molecule has 8 rings (SSSR count). The van der Waals surface area contributed by atoms with E-state index in [0.29, 0.717) is 12.3 Å². The highest BCUT2D eigenvalue weighted by atomic mass is 16.8. The average molecular weight is 901 g/mol. The van der Waals surface area contributed by atoms with Crippen LogP contribution in [0.5, 0.6) is 0 Å². The van der Waals surface area contributed by atoms with E-state index in [-0.39, 0.29) is 42.3 Å². The zero-order valence-electron chi connectivity index (χ0n) is 36.7. The Morgan fingerprint density at radius 3 is 2.19 bits per heavy atom. The standard InChI is InChI=1S/C44H68O19/c1-19-39(63-41-38(53)36(51)34(49)29(62-41)18-57-40-37(52)35(50)33(48)28(16-45)61-40)26(55-5)14-31(58-19)60-23-8-10-42(3)22(13-23)6-7-25-24(42)9-11-43(4)32(21-12-30(47)56-17-21)27(59-20(2)46)15-44(25,43)54/h12,19,22-29,31-41,45,48-54H,6-11,13-18H2,1-5H3/t19-,22+,23+,24-,25-,26+,27+,28-,29-,31+,32-,33-,34-,35+,36+,37-,38-,39+,40-,41+,42-,43+,44-/m1/s1. The summed E-state index contributed by atoms with van der Waals surface area (Å²) in [6, 6.07) is 0. The summed E-state index contributed by atoms with van der Waals surface area (Å²) in [5, 5.41) is 85.4. The Kier molecular flexibility index (Phi) is 13.8. The topological polar surface area (TPSA) is 279 Å². The minimum atomic E-state index is -1.72. The molecule has 0 bridgehead atoms. The molecule has 0 radical (unpaired) electrons. The van der Waals surface area contributed by atoms with Crippen molar-refractivity contribution in [3.63, 3.8) is 0 Å². The number of aliphatic hydroxyl groups is 8. The van der Waals surface area contributed by atoms with Gasteiger partial charge in [-0.25, -0.2) is 4.79 Å². The number of fused-ring (bicyclic) bond motifs is 5. The monoisotopic (exact) mass is 900 g/mol. The van der Waals surface area contributed by atoms with Crippen molar-refractivity contribution in [1.82, 2.24) is 0 Å². The first-order chi connectivity index (χ1) is 29.8. The number of ether oxygens (including phenoxy) is 9. The Bertz CT molecular complexity index is 1680. The summed E-state index contributed by atoms with van der Waals surface area (Å²) in [5.41, 5.74) is -0.944. The van der Waals surface area contributed by atoms with Crippen molar-refractivity contribution in [2.24, 2.45) is 34.5 Å². The van der Waals surface area contributed by atoms with Crippen molar-refractivity contribution in [1.29, 1.82) is 0 Å². The molecule has 4 saturated carbocycles. The largest absolute Gasteiger partial charge is 0.462 e. The second-order valence-corrected chi connectivity index (χ2v) is 20.0. The number of cyclic esters (lactones) is 1. The SMILES string of the molecule is CO[C@H]1C[C@H](O[C@H]2CC[C@]3(C)[C@@H](CC[C@@H]4[C@H]3CC[C@@]3(C)[C@H](C5=CC(=O)OC5)[C@@H](OC(C)=O)C[C@@]43O)C2)O[C@H](C)[C@@H]1O[C@@H]1O[C@H](CO[C@@H]2O[C@H](CO)[C@@H](O)[C@H](O)[C@H]2O)[C@@H](O)[C@H](O)[C@H]1O. The molecule has 0 aromatic heterocycles. The first-order valence-corrected chi connectivity index (χ1v) is 22.7. The molecule has 0 amide bonds. The molecular weight excluding hydrogens is 832 g/mol. The lowest BCUT2D eigenvalue weighted by molar-refractivity contribution is -0.355. The highest BCUT2D eigenvalue weighted by molar-refractivity contribution is 5.85. The minimum Gasteiger partial charge on any atom is -0.462 e. The summed E-state index contributed by atoms with van der Waals surface area (Å²) < 4.78 is 53.1. The van der Waals surface area contributed by atoms with Crippen LogP contribution in [0.4, 0.5) is 0 Å². The van der Waals surface area contributed by atoms with E-state index >= 15 is 0 Å². The summed E-state index contributed by atoms with van der Waals surface area (Å²) in [6.07, 6.45) is -10.8. The van der Waals surface area contributed by atoms with Crippen LogP contribution in [0.3, 0.4) is 0 Å². The molecule has 4 aliphatic carbocycles. The molecule has 19 heteroatoms. The number of hydrogen-bond donors (Lipinski definition) is 8. The number of carbonyl (C=O) groups is 2. The van der Waals surface area contributed by atoms with Gasteiger partial charge in [-0.3, -0.25) is 4.79 Å². The van der Waals surface area contributed by atoms with Crippen LogP contribution in [0.2, 0.25) is 0 Å². The molecule has 0 aromatic rings. The highest BCUT2D eigenvalue weighted by Gasteiger charge is 2.71. The Morgan fingerprint density at radius 2 is 1.52 bits per heavy atom. The number of methoxy groups -OCH3 is 1. The smallest absolute Gasteiger partial charge is 0.331 e. The first-order valence-electron chi connectivity index (χ1n) is 22.7. The van der Waals surface area contributed by atoms with Crippen LogP contribution in [0.1, 0.15) is 85.5 Å². The number of aliphatic hydroxyl groups excluding tert-OH is 7. The molecule has 0 spiro atoms. The van der Waals surface area contributed by atoms with Gasteiger partial charge < -0.3 is 83.5 Å². The third-order valence-corrected chi connectivity index (χ3v) is 16.7. The molecule has 23 atom stereocenters. The Hall–Kier alpha value is -1.92. The molecular formula is C44H68O19. The molecule has 7 fully saturated rings. The summed E-state index contributed by atoms with van der Waals surface area (Å²) >= 11 is 0. The predicted molar refractivity (Wildman–Crippen MR) is 213 cm³/mol. The molecule has 358 valence electrons. The van der Waals surface area contributed by atoms with Crippen molar-refractivity contribution >= 4 is 11.9 Å². The number of hydrogen-bond acceptors (Lipinski definition) is 19. The van der Waals surface area contributed by atoms with Gasteiger partial charge in [-0.2, -0.15) is 0 Å². The maximum Gasteiger partial charge on any atom is 0.331 e. The fourth-order valence-electron chi connectivity index (χ4n) is 13.3. The summed E-state index contributed by atoms with van der Waals surface area (Å²) in [7, 11) is 1.52. The van der Waals surface area contributed by atoms with E-state index < -0.39 is 128 Å². The quantitative estimate of drug-likeness (QED) is 0.0943. The lowest BCUT2D eigenvalue weighted by atomic mass is 9.43. The van der Waals surface area contributed by atoms with Crippen LogP contribution in [0.25, 0.3) is 0 Å². The molecule has 4 heterocycles. The predicted octanol–water partition coefficient (Wildman–Crippen LogP) is -0.671. The maximum atomic E-state index is 12.9. The minimum absolute atomic E-state index is 0.000125. The van der Waals surface area contributed by atoms with E-state index in [2.05, 4.69) is 13.8 Å². The highest BCUT2D eigenvalue weighted by Crippen LogP contribution is 2.70. The second kappa shape index (κ2) is 18.3. The Labute approximate surface area is 366 Å². The van der Waals surface area contributed by atoms with E-state index in [1.165, 1.54) is 20.1 Å². The van der Waals surface area contributed by atoms with Gasteiger partial charge in [-0.15, -0.1) is 0 Å². The first kappa shape index (κ1) is 47.6. The van der Waals surface area contributed by atoms with Gasteiger partial charge in [-0.05, 0) is 80.6 Å². The third kappa shape index (κ3) is 8.43. The van der Waals surface area contributed by atoms with Crippen molar-refractivity contribution < 1.29 is 93.1 Å². The van der Waals surface area contributed by atoms with Crippen LogP contribution in [0.15, 0.2) is 11.6 Å². The van der Waals surface area contributed by atoms with Gasteiger partial charge in [-0.1, -0.05) is 13.8 Å². The summed E-state index contributed by atoms with van der Waals surface area (Å²) in [6.45, 7) is 6.62. The van der Waals surface area contributed by atoms with Gasteiger partial charge in [0.25, 0.3) is 0 Å². The van der Waals surface area contributed by atoms with E-state index in [0.717, 1.165) is 50.5 Å². The molecule has 4 aliphatic heterocycles. The molecule has 8 aliphatic rings. The van der Waals surface area contributed by atoms with Crippen molar-refractivity contribution in [3.05, 3.63) is 11.6 Å². The lowest BCUT2D eigenvalue weighted by Gasteiger charge is -2.63. The molecule has 63 heavy (non-hydrogen) atoms. The van der Waals surface area contributed by atoms with Crippen LogP contribution in [0, 0.1) is 34.5 Å². The van der Waals surface area contributed by atoms with Crippen LogP contribution >= 0.6 is 0 Å². The van der Waals surface area contributed by atoms with Crippen molar-refractivity contribution in [2.45, 2.75) is 189 Å². The molecule has 0 aromatic carbocycles. The molecule has 19 nitrogen and oxygen atoms in total. The fourth-order valence-corrected chi connectivity index (χ4v) is 13.3. The van der Waals surface area contributed by atoms with E-state index in [1.54, 1.807) is 6.92 Å². The van der Waals surface area contributed by atoms with Gasteiger partial charge in [0.1, 0.15) is 67.6 Å². The van der Waals surface area contributed by atoms with Crippen LogP contribution in [-0.2, 0) is 52.2 Å². The number of esters is 2. The van der Waals surface area contributed by atoms with Crippen LogP contribution in [-0.4, -0.2) is 184 Å².